The maximum absolute atomic E-state index is 4.20. The molecule has 2 N–H and O–H groups in total. The van der Waals surface area contributed by atoms with Crippen LogP contribution in [0.1, 0.15) is 13.8 Å². The van der Waals surface area contributed by atoms with Gasteiger partial charge in [0.1, 0.15) is 23.7 Å². The van der Waals surface area contributed by atoms with E-state index in [4.69, 9.17) is 0 Å². The van der Waals surface area contributed by atoms with E-state index in [1.54, 1.807) is 0 Å². The Kier molecular flexibility index (Phi) is 3.09. The van der Waals surface area contributed by atoms with Gasteiger partial charge in [-0.2, -0.15) is 0 Å². The van der Waals surface area contributed by atoms with Gasteiger partial charge in [-0.1, -0.05) is 0 Å². The lowest BCUT2D eigenvalue weighted by atomic mass is 10.3. The molecule has 6 nitrogen and oxygen atoms in total. The van der Waals surface area contributed by atoms with Crippen LogP contribution in [0.15, 0.2) is 12.7 Å². The van der Waals surface area contributed by atoms with Gasteiger partial charge in [0.05, 0.1) is 0 Å². The first-order valence-corrected chi connectivity index (χ1v) is 5.30. The van der Waals surface area contributed by atoms with Crippen LogP contribution in [-0.2, 0) is 0 Å². The van der Waals surface area contributed by atoms with E-state index in [0.29, 0.717) is 0 Å². The lowest BCUT2D eigenvalue weighted by Gasteiger charge is -2.08. The van der Waals surface area contributed by atoms with Gasteiger partial charge < -0.3 is 10.6 Å². The van der Waals surface area contributed by atoms with Crippen LogP contribution in [0.2, 0.25) is 0 Å². The standard InChI is InChI=1S/C10H14N6/c1-3-11-9-7-8(14-5-15-9)10(12-4-2)16-6-13-7/h5-6H,3-4H2,1-2H3,(H,11,14,15)(H,12,13,16). The summed E-state index contributed by atoms with van der Waals surface area (Å²) in [6, 6.07) is 0. The van der Waals surface area contributed by atoms with Crippen molar-refractivity contribution in [1.82, 2.24) is 19.9 Å². The Morgan fingerprint density at radius 1 is 0.812 bits per heavy atom. The summed E-state index contributed by atoms with van der Waals surface area (Å²) in [5.41, 5.74) is 1.49. The zero-order valence-corrected chi connectivity index (χ0v) is 9.36. The molecule has 0 bridgehead atoms. The molecule has 2 heterocycles. The molecular formula is C10H14N6. The van der Waals surface area contributed by atoms with Gasteiger partial charge in [0.2, 0.25) is 0 Å². The Hall–Kier alpha value is -1.98. The molecule has 0 radical (unpaired) electrons. The van der Waals surface area contributed by atoms with Crippen LogP contribution in [0.25, 0.3) is 11.0 Å². The summed E-state index contributed by atoms with van der Waals surface area (Å²) >= 11 is 0. The molecule has 16 heavy (non-hydrogen) atoms. The van der Waals surface area contributed by atoms with Gasteiger partial charge in [0.25, 0.3) is 0 Å². The van der Waals surface area contributed by atoms with E-state index >= 15 is 0 Å². The zero-order chi connectivity index (χ0) is 11.4. The average molecular weight is 218 g/mol. The maximum Gasteiger partial charge on any atom is 0.156 e. The molecule has 0 fully saturated rings. The largest absolute Gasteiger partial charge is 0.368 e. The smallest absolute Gasteiger partial charge is 0.156 e. The van der Waals surface area contributed by atoms with Crippen LogP contribution >= 0.6 is 0 Å². The van der Waals surface area contributed by atoms with Crippen molar-refractivity contribution in [3.63, 3.8) is 0 Å². The number of hydrogen-bond donors (Lipinski definition) is 2. The molecule has 0 spiro atoms. The quantitative estimate of drug-likeness (QED) is 0.805. The van der Waals surface area contributed by atoms with Crippen molar-refractivity contribution >= 4 is 22.7 Å². The van der Waals surface area contributed by atoms with Gasteiger partial charge in [-0.15, -0.1) is 0 Å². The Labute approximate surface area is 93.6 Å². The van der Waals surface area contributed by atoms with Crippen LogP contribution in [0, 0.1) is 0 Å². The van der Waals surface area contributed by atoms with Gasteiger partial charge >= 0.3 is 0 Å². The normalized spacial score (nSPS) is 10.4. The second-order valence-electron chi connectivity index (χ2n) is 3.20. The highest BCUT2D eigenvalue weighted by Gasteiger charge is 2.08. The van der Waals surface area contributed by atoms with Crippen molar-refractivity contribution in [1.29, 1.82) is 0 Å². The molecule has 84 valence electrons. The monoisotopic (exact) mass is 218 g/mol. The first-order chi connectivity index (χ1) is 7.86. The van der Waals surface area contributed by atoms with Crippen LogP contribution in [-0.4, -0.2) is 33.0 Å². The van der Waals surface area contributed by atoms with Crippen molar-refractivity contribution in [3.8, 4) is 0 Å². The summed E-state index contributed by atoms with van der Waals surface area (Å²) in [4.78, 5) is 16.7. The summed E-state index contributed by atoms with van der Waals surface area (Å²) in [6.07, 6.45) is 3.04. The highest BCUT2D eigenvalue weighted by atomic mass is 15.1. The Balaban J connectivity index is 2.57. The maximum atomic E-state index is 4.20. The first-order valence-electron chi connectivity index (χ1n) is 5.30. The van der Waals surface area contributed by atoms with Crippen molar-refractivity contribution in [2.45, 2.75) is 13.8 Å². The number of nitrogens with zero attached hydrogens (tertiary/aromatic N) is 4. The van der Waals surface area contributed by atoms with Gasteiger partial charge in [-0.3, -0.25) is 0 Å². The number of anilines is 2. The number of aromatic nitrogens is 4. The van der Waals surface area contributed by atoms with E-state index < -0.39 is 0 Å². The van der Waals surface area contributed by atoms with Crippen LogP contribution < -0.4 is 10.6 Å². The molecule has 0 atom stereocenters. The molecule has 0 aromatic carbocycles. The lowest BCUT2D eigenvalue weighted by Crippen LogP contribution is -2.05. The van der Waals surface area contributed by atoms with Crippen LogP contribution in [0.3, 0.4) is 0 Å². The minimum atomic E-state index is 0.744. The van der Waals surface area contributed by atoms with Gasteiger partial charge in [-0.05, 0) is 13.8 Å². The first kappa shape index (κ1) is 10.5. The van der Waals surface area contributed by atoms with E-state index in [9.17, 15) is 0 Å². The second kappa shape index (κ2) is 4.69. The highest BCUT2D eigenvalue weighted by molar-refractivity contribution is 5.91. The number of fused-ring (bicyclic) bond motifs is 1. The fraction of sp³-hybridized carbons (Fsp3) is 0.400. The summed E-state index contributed by atoms with van der Waals surface area (Å²) in [5.74, 6) is 1.49. The molecule has 0 aliphatic heterocycles. The fourth-order valence-electron chi connectivity index (χ4n) is 1.47. The SMILES string of the molecule is CCNc1ncnc2c(NCC)ncnc12. The molecule has 0 amide bonds. The van der Waals surface area contributed by atoms with E-state index in [-0.39, 0.29) is 0 Å². The van der Waals surface area contributed by atoms with Gasteiger partial charge in [-0.25, -0.2) is 19.9 Å². The van der Waals surface area contributed by atoms with Gasteiger partial charge in [0, 0.05) is 13.1 Å². The van der Waals surface area contributed by atoms with E-state index in [1.165, 1.54) is 12.7 Å². The summed E-state index contributed by atoms with van der Waals surface area (Å²) in [5, 5.41) is 6.30. The van der Waals surface area contributed by atoms with E-state index in [1.807, 2.05) is 13.8 Å². The minimum Gasteiger partial charge on any atom is -0.368 e. The third-order valence-corrected chi connectivity index (χ3v) is 2.11. The zero-order valence-electron chi connectivity index (χ0n) is 9.36. The molecule has 6 heteroatoms. The van der Waals surface area contributed by atoms with Crippen LogP contribution in [0.4, 0.5) is 11.6 Å². The molecule has 0 aliphatic carbocycles. The molecule has 0 unspecified atom stereocenters. The molecule has 2 rings (SSSR count). The summed E-state index contributed by atoms with van der Waals surface area (Å²) in [6.45, 7) is 5.62. The van der Waals surface area contributed by atoms with E-state index in [2.05, 4.69) is 30.6 Å². The highest BCUT2D eigenvalue weighted by Crippen LogP contribution is 2.20. The third kappa shape index (κ3) is 1.86. The summed E-state index contributed by atoms with van der Waals surface area (Å²) < 4.78 is 0. The molecule has 0 saturated heterocycles. The van der Waals surface area contributed by atoms with Crippen molar-refractivity contribution in [2.24, 2.45) is 0 Å². The Morgan fingerprint density at radius 3 is 1.62 bits per heavy atom. The lowest BCUT2D eigenvalue weighted by molar-refractivity contribution is 1.09. The van der Waals surface area contributed by atoms with Crippen molar-refractivity contribution in [2.75, 3.05) is 23.7 Å². The topological polar surface area (TPSA) is 75.6 Å². The number of hydrogen-bond acceptors (Lipinski definition) is 6. The molecular weight excluding hydrogens is 204 g/mol. The molecule has 2 aromatic rings. The van der Waals surface area contributed by atoms with Gasteiger partial charge in [0.15, 0.2) is 11.6 Å². The fourth-order valence-corrected chi connectivity index (χ4v) is 1.47. The molecule has 2 aromatic heterocycles. The van der Waals surface area contributed by atoms with E-state index in [0.717, 1.165) is 35.8 Å². The molecule has 0 aliphatic rings. The van der Waals surface area contributed by atoms with Crippen LogP contribution in [0.5, 0.6) is 0 Å². The Morgan fingerprint density at radius 2 is 1.25 bits per heavy atom. The Bertz CT molecular complexity index is 438. The predicted molar refractivity (Wildman–Crippen MR) is 63.5 cm³/mol. The summed E-state index contributed by atoms with van der Waals surface area (Å²) in [7, 11) is 0. The predicted octanol–water partition coefficient (Wildman–Crippen LogP) is 1.28. The minimum absolute atomic E-state index is 0.744. The average Bonchev–Trinajstić information content (AvgIpc) is 2.31. The number of nitrogens with one attached hydrogen (secondary N) is 2. The third-order valence-electron chi connectivity index (χ3n) is 2.11. The molecule has 0 saturated carbocycles. The number of rotatable bonds is 4. The van der Waals surface area contributed by atoms with Crippen molar-refractivity contribution in [3.05, 3.63) is 12.7 Å². The van der Waals surface area contributed by atoms with Crippen molar-refractivity contribution < 1.29 is 0 Å². The second-order valence-corrected chi connectivity index (χ2v) is 3.20.